The van der Waals surface area contributed by atoms with Crippen LogP contribution in [0.4, 0.5) is 5.69 Å². The fourth-order valence-electron chi connectivity index (χ4n) is 3.45. The second-order valence-corrected chi connectivity index (χ2v) is 9.19. The number of carbonyl (C=O) groups is 1. The van der Waals surface area contributed by atoms with Crippen LogP contribution in [0.3, 0.4) is 0 Å². The van der Waals surface area contributed by atoms with Crippen LogP contribution in [-0.4, -0.2) is 41.9 Å². The zero-order chi connectivity index (χ0) is 24.1. The van der Waals surface area contributed by atoms with Crippen molar-refractivity contribution < 1.29 is 32.2 Å². The summed E-state index contributed by atoms with van der Waals surface area (Å²) in [5.74, 6) is 1.60. The number of anilines is 1. The summed E-state index contributed by atoms with van der Waals surface area (Å²) in [6, 6.07) is 17.9. The van der Waals surface area contributed by atoms with E-state index in [0.29, 0.717) is 23.0 Å². The Morgan fingerprint density at radius 1 is 0.971 bits per heavy atom. The Hall–Kier alpha value is -3.92. The van der Waals surface area contributed by atoms with E-state index in [1.807, 2.05) is 0 Å². The van der Waals surface area contributed by atoms with E-state index < -0.39 is 22.5 Å². The van der Waals surface area contributed by atoms with Gasteiger partial charge in [-0.25, -0.2) is 8.42 Å². The van der Waals surface area contributed by atoms with Crippen molar-refractivity contribution in [2.75, 3.05) is 31.9 Å². The first-order chi connectivity index (χ1) is 16.4. The lowest BCUT2D eigenvalue weighted by atomic mass is 10.2. The summed E-state index contributed by atoms with van der Waals surface area (Å²) in [5, 5.41) is 2.77. The third-order valence-corrected chi connectivity index (χ3v) is 6.99. The van der Waals surface area contributed by atoms with Crippen molar-refractivity contribution >= 4 is 21.6 Å². The molecule has 0 aliphatic carbocycles. The highest BCUT2D eigenvalue weighted by Crippen LogP contribution is 2.33. The fourth-order valence-corrected chi connectivity index (χ4v) is 4.88. The normalized spacial score (nSPS) is 12.2. The largest absolute Gasteiger partial charge is 0.497 e. The maximum atomic E-state index is 13.6. The molecule has 4 rings (SSSR count). The third kappa shape index (κ3) is 4.86. The molecule has 1 heterocycles. The average Bonchev–Trinajstić information content (AvgIpc) is 3.34. The smallest absolute Gasteiger partial charge is 0.264 e. The molecule has 9 nitrogen and oxygen atoms in total. The minimum atomic E-state index is -4.10. The number of methoxy groups -OCH3 is 2. The summed E-state index contributed by atoms with van der Waals surface area (Å²) in [6.45, 7) is -0.0979. The van der Waals surface area contributed by atoms with Gasteiger partial charge >= 0.3 is 0 Å². The van der Waals surface area contributed by atoms with E-state index in [-0.39, 0.29) is 23.9 Å². The molecular formula is C24H24N2O7S. The summed E-state index contributed by atoms with van der Waals surface area (Å²) >= 11 is 0. The first-order valence-corrected chi connectivity index (χ1v) is 11.8. The molecule has 0 spiro atoms. The first kappa shape index (κ1) is 23.2. The molecule has 0 aromatic heterocycles. The van der Waals surface area contributed by atoms with Gasteiger partial charge in [0.2, 0.25) is 12.7 Å². The molecule has 34 heavy (non-hydrogen) atoms. The van der Waals surface area contributed by atoms with Gasteiger partial charge in [0, 0.05) is 6.54 Å². The number of para-hydroxylation sites is 2. The molecule has 0 radical (unpaired) electrons. The van der Waals surface area contributed by atoms with Gasteiger partial charge < -0.3 is 24.3 Å². The van der Waals surface area contributed by atoms with Crippen LogP contribution in [-0.2, 0) is 21.4 Å². The predicted molar refractivity (Wildman–Crippen MR) is 125 cm³/mol. The number of benzene rings is 3. The molecule has 0 bridgehead atoms. The Labute approximate surface area is 197 Å². The van der Waals surface area contributed by atoms with Crippen LogP contribution in [0.1, 0.15) is 5.56 Å². The van der Waals surface area contributed by atoms with Gasteiger partial charge in [0.25, 0.3) is 10.0 Å². The molecule has 178 valence electrons. The Morgan fingerprint density at radius 3 is 2.44 bits per heavy atom. The highest BCUT2D eigenvalue weighted by molar-refractivity contribution is 7.92. The Balaban J connectivity index is 1.58. The number of carbonyl (C=O) groups excluding carboxylic acids is 1. The maximum Gasteiger partial charge on any atom is 0.264 e. The Bertz CT molecular complexity index is 1280. The summed E-state index contributed by atoms with van der Waals surface area (Å²) in [6.07, 6.45) is 0. The predicted octanol–water partition coefficient (Wildman–Crippen LogP) is 2.94. The van der Waals surface area contributed by atoms with Gasteiger partial charge in [-0.15, -0.1) is 0 Å². The zero-order valence-corrected chi connectivity index (χ0v) is 19.5. The van der Waals surface area contributed by atoms with E-state index in [1.165, 1.54) is 26.4 Å². The van der Waals surface area contributed by atoms with Gasteiger partial charge in [-0.2, -0.15) is 0 Å². The van der Waals surface area contributed by atoms with Gasteiger partial charge in [0.1, 0.15) is 18.0 Å². The zero-order valence-electron chi connectivity index (χ0n) is 18.7. The minimum absolute atomic E-state index is 0.0165. The highest BCUT2D eigenvalue weighted by atomic mass is 32.2. The molecular weight excluding hydrogens is 460 g/mol. The van der Waals surface area contributed by atoms with Crippen molar-refractivity contribution in [2.24, 2.45) is 0 Å². The van der Waals surface area contributed by atoms with Crippen molar-refractivity contribution in [3.8, 4) is 23.0 Å². The molecule has 3 aromatic carbocycles. The summed E-state index contributed by atoms with van der Waals surface area (Å²) < 4.78 is 49.3. The first-order valence-electron chi connectivity index (χ1n) is 10.4. The monoisotopic (exact) mass is 484 g/mol. The van der Waals surface area contributed by atoms with Crippen LogP contribution in [0.5, 0.6) is 23.0 Å². The fraction of sp³-hybridized carbons (Fsp3) is 0.208. The van der Waals surface area contributed by atoms with Crippen LogP contribution in [0.2, 0.25) is 0 Å². The number of nitrogens with zero attached hydrogens (tertiary/aromatic N) is 1. The van der Waals surface area contributed by atoms with Gasteiger partial charge in [-0.3, -0.25) is 9.10 Å². The second-order valence-electron chi connectivity index (χ2n) is 7.32. The van der Waals surface area contributed by atoms with E-state index in [2.05, 4.69) is 5.32 Å². The minimum Gasteiger partial charge on any atom is -0.497 e. The average molecular weight is 485 g/mol. The van der Waals surface area contributed by atoms with Gasteiger partial charge in [-0.05, 0) is 54.1 Å². The lowest BCUT2D eigenvalue weighted by molar-refractivity contribution is -0.119. The summed E-state index contributed by atoms with van der Waals surface area (Å²) in [7, 11) is -1.16. The number of ether oxygens (including phenoxy) is 4. The number of fused-ring (bicyclic) bond motifs is 1. The van der Waals surface area contributed by atoms with Gasteiger partial charge in [0.05, 0.1) is 24.8 Å². The van der Waals surface area contributed by atoms with E-state index in [9.17, 15) is 13.2 Å². The number of amides is 1. The summed E-state index contributed by atoms with van der Waals surface area (Å²) in [4.78, 5) is 12.9. The standard InChI is InChI=1S/C24H24N2O7S/c1-30-18-8-10-19(11-9-18)34(28,29)26(20-5-3-4-6-21(20)31-2)15-24(27)25-14-17-7-12-22-23(13-17)33-16-32-22/h3-13H,14-16H2,1-2H3,(H,25,27). The molecule has 3 aromatic rings. The number of nitrogens with one attached hydrogen (secondary N) is 1. The molecule has 0 saturated heterocycles. The molecule has 0 fully saturated rings. The SMILES string of the molecule is COc1ccc(S(=O)(=O)N(CC(=O)NCc2ccc3c(c2)OCO3)c2ccccc2OC)cc1. The lowest BCUT2D eigenvalue weighted by Gasteiger charge is -2.25. The van der Waals surface area contributed by atoms with E-state index in [1.54, 1.807) is 54.6 Å². The summed E-state index contributed by atoms with van der Waals surface area (Å²) in [5.41, 5.74) is 1.04. The number of rotatable bonds is 9. The molecule has 1 aliphatic rings. The van der Waals surface area contributed by atoms with E-state index >= 15 is 0 Å². The quantitative estimate of drug-likeness (QED) is 0.498. The molecule has 0 unspecified atom stereocenters. The highest BCUT2D eigenvalue weighted by Gasteiger charge is 2.29. The number of sulfonamides is 1. The van der Waals surface area contributed by atoms with Crippen LogP contribution >= 0.6 is 0 Å². The molecule has 0 saturated carbocycles. The van der Waals surface area contributed by atoms with Crippen LogP contribution < -0.4 is 28.6 Å². The van der Waals surface area contributed by atoms with Crippen molar-refractivity contribution in [1.82, 2.24) is 5.32 Å². The lowest BCUT2D eigenvalue weighted by Crippen LogP contribution is -2.40. The molecule has 10 heteroatoms. The molecule has 1 aliphatic heterocycles. The maximum absolute atomic E-state index is 13.6. The van der Waals surface area contributed by atoms with Crippen molar-refractivity contribution in [2.45, 2.75) is 11.4 Å². The van der Waals surface area contributed by atoms with E-state index in [4.69, 9.17) is 18.9 Å². The molecule has 1 N–H and O–H groups in total. The number of hydrogen-bond donors (Lipinski definition) is 1. The third-order valence-electron chi connectivity index (χ3n) is 5.22. The van der Waals surface area contributed by atoms with Gasteiger partial charge in [0.15, 0.2) is 11.5 Å². The van der Waals surface area contributed by atoms with Crippen LogP contribution in [0.15, 0.2) is 71.6 Å². The van der Waals surface area contributed by atoms with Crippen LogP contribution in [0, 0.1) is 0 Å². The second kappa shape index (κ2) is 9.92. The van der Waals surface area contributed by atoms with Crippen molar-refractivity contribution in [3.63, 3.8) is 0 Å². The van der Waals surface area contributed by atoms with E-state index in [0.717, 1.165) is 9.87 Å². The molecule has 1 amide bonds. The van der Waals surface area contributed by atoms with Crippen LogP contribution in [0.25, 0.3) is 0 Å². The number of hydrogen-bond acceptors (Lipinski definition) is 7. The Morgan fingerprint density at radius 2 is 1.71 bits per heavy atom. The molecule has 0 atom stereocenters. The Kier molecular flexibility index (Phi) is 6.78. The van der Waals surface area contributed by atoms with Crippen molar-refractivity contribution in [3.05, 3.63) is 72.3 Å². The van der Waals surface area contributed by atoms with Gasteiger partial charge in [-0.1, -0.05) is 18.2 Å². The van der Waals surface area contributed by atoms with Crippen molar-refractivity contribution in [1.29, 1.82) is 0 Å². The topological polar surface area (TPSA) is 103 Å².